The van der Waals surface area contributed by atoms with Gasteiger partial charge in [-0.05, 0) is 65.5 Å². The molecule has 2 unspecified atom stereocenters. The van der Waals surface area contributed by atoms with Crippen molar-refractivity contribution in [3.05, 3.63) is 61.9 Å². The summed E-state index contributed by atoms with van der Waals surface area (Å²) in [5, 5.41) is 3.41. The van der Waals surface area contributed by atoms with Crippen molar-refractivity contribution in [2.75, 3.05) is 7.05 Å². The fourth-order valence-electron chi connectivity index (χ4n) is 2.24. The second-order valence-corrected chi connectivity index (χ2v) is 6.58. The van der Waals surface area contributed by atoms with Gasteiger partial charge in [-0.25, -0.2) is 0 Å². The number of pyridine rings is 1. The highest BCUT2D eigenvalue weighted by atomic mass is 127. The van der Waals surface area contributed by atoms with Gasteiger partial charge in [0, 0.05) is 31.9 Å². The van der Waals surface area contributed by atoms with Gasteiger partial charge in [-0.15, -0.1) is 0 Å². The van der Waals surface area contributed by atoms with Crippen LogP contribution in [0.4, 0.5) is 0 Å². The average Bonchev–Trinajstić information content (AvgIpc) is 2.44. The number of hydrogen-bond acceptors (Lipinski definition) is 2. The molecule has 2 nitrogen and oxygen atoms in total. The van der Waals surface area contributed by atoms with E-state index in [0.29, 0.717) is 5.92 Å². The monoisotopic (exact) mass is 430 g/mol. The number of nitrogens with one attached hydrogen (secondary N) is 1. The molecule has 0 aliphatic heterocycles. The van der Waals surface area contributed by atoms with E-state index >= 15 is 0 Å². The number of halogens is 2. The minimum atomic E-state index is 0.235. The summed E-state index contributed by atoms with van der Waals surface area (Å²) in [5.41, 5.74) is 2.38. The van der Waals surface area contributed by atoms with E-state index in [1.807, 2.05) is 25.4 Å². The Morgan fingerprint density at radius 3 is 2.68 bits per heavy atom. The van der Waals surface area contributed by atoms with Crippen LogP contribution in [0.1, 0.15) is 30.1 Å². The van der Waals surface area contributed by atoms with Crippen molar-refractivity contribution in [2.24, 2.45) is 0 Å². The molecule has 0 radical (unpaired) electrons. The first-order valence-corrected chi connectivity index (χ1v) is 8.03. The van der Waals surface area contributed by atoms with Gasteiger partial charge in [0.1, 0.15) is 0 Å². The van der Waals surface area contributed by atoms with Crippen molar-refractivity contribution < 1.29 is 0 Å². The lowest BCUT2D eigenvalue weighted by atomic mass is 9.91. The molecule has 0 saturated heterocycles. The highest BCUT2D eigenvalue weighted by Gasteiger charge is 2.22. The van der Waals surface area contributed by atoms with Gasteiger partial charge in [0.05, 0.1) is 0 Å². The van der Waals surface area contributed by atoms with Crippen LogP contribution in [0.5, 0.6) is 0 Å². The summed E-state index contributed by atoms with van der Waals surface area (Å²) in [7, 11) is 2.00. The van der Waals surface area contributed by atoms with Crippen LogP contribution in [-0.2, 0) is 0 Å². The van der Waals surface area contributed by atoms with E-state index < -0.39 is 0 Å². The molecule has 2 aromatic rings. The molecule has 2 rings (SSSR count). The van der Waals surface area contributed by atoms with E-state index in [0.717, 1.165) is 10.2 Å². The smallest absolute Gasteiger partial charge is 0.0450 e. The number of benzene rings is 1. The minimum Gasteiger partial charge on any atom is -0.312 e. The summed E-state index contributed by atoms with van der Waals surface area (Å²) >= 11 is 5.99. The molecule has 19 heavy (non-hydrogen) atoms. The second kappa shape index (κ2) is 6.81. The van der Waals surface area contributed by atoms with Crippen LogP contribution in [-0.4, -0.2) is 12.0 Å². The van der Waals surface area contributed by atoms with E-state index in [-0.39, 0.29) is 6.04 Å². The molecule has 0 fully saturated rings. The Kier molecular flexibility index (Phi) is 5.36. The Hall–Kier alpha value is -0.460. The van der Waals surface area contributed by atoms with E-state index in [9.17, 15) is 0 Å². The molecular weight excluding hydrogens is 415 g/mol. The van der Waals surface area contributed by atoms with Crippen molar-refractivity contribution in [3.63, 3.8) is 0 Å². The maximum absolute atomic E-state index is 4.47. The summed E-state index contributed by atoms with van der Waals surface area (Å²) in [6.45, 7) is 2.20. The van der Waals surface area contributed by atoms with Gasteiger partial charge in [-0.1, -0.05) is 28.9 Å². The zero-order chi connectivity index (χ0) is 13.8. The Morgan fingerprint density at radius 2 is 2.05 bits per heavy atom. The first-order valence-electron chi connectivity index (χ1n) is 6.16. The normalized spacial score (nSPS) is 14.1. The fourth-order valence-corrected chi connectivity index (χ4v) is 3.25. The van der Waals surface area contributed by atoms with Crippen molar-refractivity contribution in [1.29, 1.82) is 0 Å². The minimum absolute atomic E-state index is 0.235. The average molecular weight is 431 g/mol. The number of rotatable bonds is 4. The SMILES string of the molecule is CNC(c1cc(I)ccc1Br)C(C)c1ccccn1. The van der Waals surface area contributed by atoms with Gasteiger partial charge in [0.2, 0.25) is 0 Å². The summed E-state index contributed by atoms with van der Waals surface area (Å²) in [6, 6.07) is 12.7. The van der Waals surface area contributed by atoms with E-state index in [4.69, 9.17) is 0 Å². The van der Waals surface area contributed by atoms with E-state index in [1.54, 1.807) is 0 Å². The Balaban J connectivity index is 2.37. The lowest BCUT2D eigenvalue weighted by Crippen LogP contribution is -2.23. The Labute approximate surface area is 136 Å². The second-order valence-electron chi connectivity index (χ2n) is 4.48. The molecule has 0 aliphatic rings. The third kappa shape index (κ3) is 3.55. The first kappa shape index (κ1) is 14.9. The van der Waals surface area contributed by atoms with Crippen LogP contribution < -0.4 is 5.32 Å². The largest absolute Gasteiger partial charge is 0.312 e. The van der Waals surface area contributed by atoms with Crippen molar-refractivity contribution >= 4 is 38.5 Å². The van der Waals surface area contributed by atoms with Crippen LogP contribution in [0.15, 0.2) is 47.1 Å². The van der Waals surface area contributed by atoms with E-state index in [2.05, 4.69) is 80.0 Å². The molecule has 1 aromatic carbocycles. The van der Waals surface area contributed by atoms with Crippen LogP contribution in [0.3, 0.4) is 0 Å². The Morgan fingerprint density at radius 1 is 1.26 bits per heavy atom. The van der Waals surface area contributed by atoms with Crippen LogP contribution in [0.25, 0.3) is 0 Å². The summed E-state index contributed by atoms with van der Waals surface area (Å²) in [5.74, 6) is 0.306. The predicted molar refractivity (Wildman–Crippen MR) is 91.3 cm³/mol. The zero-order valence-corrected chi connectivity index (χ0v) is 14.6. The maximum atomic E-state index is 4.47. The molecule has 1 N–H and O–H groups in total. The maximum Gasteiger partial charge on any atom is 0.0450 e. The number of aromatic nitrogens is 1. The molecule has 0 bridgehead atoms. The van der Waals surface area contributed by atoms with Gasteiger partial charge in [0.15, 0.2) is 0 Å². The Bertz CT molecular complexity index is 545. The van der Waals surface area contributed by atoms with Crippen molar-refractivity contribution in [3.8, 4) is 0 Å². The highest BCUT2D eigenvalue weighted by molar-refractivity contribution is 14.1. The van der Waals surface area contributed by atoms with Crippen LogP contribution in [0, 0.1) is 3.57 Å². The van der Waals surface area contributed by atoms with Crippen LogP contribution in [0.2, 0.25) is 0 Å². The standard InChI is InChI=1S/C15H16BrIN2/c1-10(14-5-3-4-8-19-14)15(18-2)12-9-11(17)6-7-13(12)16/h3-10,15,18H,1-2H3. The van der Waals surface area contributed by atoms with Gasteiger partial charge in [-0.2, -0.15) is 0 Å². The van der Waals surface area contributed by atoms with E-state index in [1.165, 1.54) is 9.13 Å². The van der Waals surface area contributed by atoms with Crippen LogP contribution >= 0.6 is 38.5 Å². The third-order valence-electron chi connectivity index (χ3n) is 3.26. The third-order valence-corrected chi connectivity index (χ3v) is 4.65. The molecule has 1 heterocycles. The molecule has 0 amide bonds. The topological polar surface area (TPSA) is 24.9 Å². The first-order chi connectivity index (χ1) is 9.13. The lowest BCUT2D eigenvalue weighted by Gasteiger charge is -2.25. The van der Waals surface area contributed by atoms with Crippen molar-refractivity contribution in [1.82, 2.24) is 10.3 Å². The fraction of sp³-hybridized carbons (Fsp3) is 0.267. The molecule has 0 aliphatic carbocycles. The molecule has 1 aromatic heterocycles. The number of hydrogen-bond donors (Lipinski definition) is 1. The quantitative estimate of drug-likeness (QED) is 0.721. The lowest BCUT2D eigenvalue weighted by molar-refractivity contribution is 0.497. The number of likely N-dealkylation sites (N-methyl/N-ethyl adjacent to an activating group) is 1. The molecular formula is C15H16BrIN2. The molecule has 100 valence electrons. The van der Waals surface area contributed by atoms with Gasteiger partial charge >= 0.3 is 0 Å². The number of nitrogens with zero attached hydrogens (tertiary/aromatic N) is 1. The zero-order valence-electron chi connectivity index (χ0n) is 10.9. The summed E-state index contributed by atoms with van der Waals surface area (Å²) in [4.78, 5) is 4.47. The van der Waals surface area contributed by atoms with Gasteiger partial charge in [-0.3, -0.25) is 4.98 Å². The predicted octanol–water partition coefficient (Wildman–Crippen LogP) is 4.51. The molecule has 0 saturated carbocycles. The highest BCUT2D eigenvalue weighted by Crippen LogP contribution is 2.34. The van der Waals surface area contributed by atoms with Crippen molar-refractivity contribution in [2.45, 2.75) is 18.9 Å². The molecule has 4 heteroatoms. The summed E-state index contributed by atoms with van der Waals surface area (Å²) < 4.78 is 2.37. The van der Waals surface area contributed by atoms with Gasteiger partial charge < -0.3 is 5.32 Å². The molecule has 0 spiro atoms. The van der Waals surface area contributed by atoms with Gasteiger partial charge in [0.25, 0.3) is 0 Å². The molecule has 2 atom stereocenters. The summed E-state index contributed by atoms with van der Waals surface area (Å²) in [6.07, 6.45) is 1.85.